The summed E-state index contributed by atoms with van der Waals surface area (Å²) in [5.41, 5.74) is 2.46. The molecule has 1 aromatic carbocycles. The average Bonchev–Trinajstić information content (AvgIpc) is 2.97. The smallest absolute Gasteiger partial charge is 0.133 e. The van der Waals surface area contributed by atoms with E-state index in [2.05, 4.69) is 19.0 Å². The second-order valence-corrected chi connectivity index (χ2v) is 5.85. The average molecular weight is 335 g/mol. The summed E-state index contributed by atoms with van der Waals surface area (Å²) in [5.74, 6) is 0. The SMILES string of the molecule is CC(Cl)c1cn(-c2c(Cl)cc(Cl)c3c2N=S=N3)nn1. The minimum atomic E-state index is -0.233. The van der Waals surface area contributed by atoms with Crippen molar-refractivity contribution < 1.29 is 0 Å². The molecule has 1 aliphatic heterocycles. The Hall–Kier alpha value is -0.950. The maximum atomic E-state index is 6.22. The Morgan fingerprint density at radius 3 is 2.63 bits per heavy atom. The van der Waals surface area contributed by atoms with E-state index < -0.39 is 0 Å². The van der Waals surface area contributed by atoms with E-state index in [0.717, 1.165) is 11.4 Å². The van der Waals surface area contributed by atoms with Crippen LogP contribution in [-0.4, -0.2) is 15.0 Å². The Morgan fingerprint density at radius 1 is 1.21 bits per heavy atom. The fraction of sp³-hybridized carbons (Fsp3) is 0.200. The highest BCUT2D eigenvalue weighted by Crippen LogP contribution is 2.46. The van der Waals surface area contributed by atoms with Crippen molar-refractivity contribution in [2.45, 2.75) is 12.3 Å². The molecular formula is C10H6Cl3N5S. The van der Waals surface area contributed by atoms with Crippen molar-refractivity contribution in [1.82, 2.24) is 15.0 Å². The Labute approximate surface area is 127 Å². The number of rotatable bonds is 2. The van der Waals surface area contributed by atoms with Gasteiger partial charge in [-0.15, -0.1) is 16.7 Å². The highest BCUT2D eigenvalue weighted by molar-refractivity contribution is 7.58. The summed E-state index contributed by atoms with van der Waals surface area (Å²) < 4.78 is 9.89. The summed E-state index contributed by atoms with van der Waals surface area (Å²) in [7, 11) is 0. The first-order chi connectivity index (χ1) is 9.08. The zero-order valence-electron chi connectivity index (χ0n) is 9.51. The minimum absolute atomic E-state index is 0.233. The highest BCUT2D eigenvalue weighted by atomic mass is 35.5. The molecule has 0 radical (unpaired) electrons. The number of benzene rings is 1. The lowest BCUT2D eigenvalue weighted by molar-refractivity contribution is 0.797. The molecule has 0 aliphatic carbocycles. The van der Waals surface area contributed by atoms with Gasteiger partial charge in [0.05, 0.1) is 33.0 Å². The Bertz CT molecular complexity index is 733. The number of hydrogen-bond donors (Lipinski definition) is 0. The second-order valence-electron chi connectivity index (χ2n) is 3.85. The third kappa shape index (κ3) is 2.18. The Morgan fingerprint density at radius 2 is 1.95 bits per heavy atom. The van der Waals surface area contributed by atoms with Gasteiger partial charge in [-0.3, -0.25) is 0 Å². The monoisotopic (exact) mass is 333 g/mol. The first-order valence-electron chi connectivity index (χ1n) is 5.25. The van der Waals surface area contributed by atoms with E-state index in [1.54, 1.807) is 12.3 Å². The van der Waals surface area contributed by atoms with Crippen LogP contribution in [0.2, 0.25) is 10.0 Å². The molecule has 0 saturated carbocycles. The Balaban J connectivity index is 2.20. The molecule has 0 spiro atoms. The number of hydrogen-bond acceptors (Lipinski definition) is 4. The molecule has 1 unspecified atom stereocenters. The van der Waals surface area contributed by atoms with Crippen LogP contribution in [0.15, 0.2) is 21.0 Å². The molecule has 0 N–H and O–H groups in total. The predicted molar refractivity (Wildman–Crippen MR) is 77.2 cm³/mol. The molecule has 0 amide bonds. The van der Waals surface area contributed by atoms with Crippen LogP contribution in [0.25, 0.3) is 5.69 Å². The molecule has 19 heavy (non-hydrogen) atoms. The van der Waals surface area contributed by atoms with Gasteiger partial charge < -0.3 is 0 Å². The highest BCUT2D eigenvalue weighted by Gasteiger charge is 2.21. The topological polar surface area (TPSA) is 55.4 Å². The van der Waals surface area contributed by atoms with Crippen LogP contribution >= 0.6 is 34.8 Å². The van der Waals surface area contributed by atoms with Crippen LogP contribution in [0.5, 0.6) is 0 Å². The van der Waals surface area contributed by atoms with E-state index >= 15 is 0 Å². The molecule has 0 bridgehead atoms. The van der Waals surface area contributed by atoms with Crippen LogP contribution in [0, 0.1) is 0 Å². The fourth-order valence-corrected chi connectivity index (χ4v) is 2.94. The van der Waals surface area contributed by atoms with Gasteiger partial charge in [-0.2, -0.15) is 8.73 Å². The molecule has 98 valence electrons. The Kier molecular flexibility index (Phi) is 3.34. The fourth-order valence-electron chi connectivity index (χ4n) is 1.65. The van der Waals surface area contributed by atoms with Crippen molar-refractivity contribution in [2.75, 3.05) is 0 Å². The molecule has 5 nitrogen and oxygen atoms in total. The van der Waals surface area contributed by atoms with Crippen LogP contribution < -0.4 is 0 Å². The molecule has 9 heteroatoms. The molecule has 0 saturated heterocycles. The summed E-state index contributed by atoms with van der Waals surface area (Å²) in [6.45, 7) is 1.82. The number of fused-ring (bicyclic) bond motifs is 1. The summed E-state index contributed by atoms with van der Waals surface area (Å²) >= 11 is 19.3. The third-order valence-electron chi connectivity index (χ3n) is 2.57. The van der Waals surface area contributed by atoms with E-state index in [0.29, 0.717) is 32.8 Å². The molecule has 1 aliphatic rings. The molecule has 1 aromatic heterocycles. The van der Waals surface area contributed by atoms with Crippen molar-refractivity contribution in [3.63, 3.8) is 0 Å². The first-order valence-corrected chi connectivity index (χ1v) is 7.17. The van der Waals surface area contributed by atoms with Crippen molar-refractivity contribution in [3.05, 3.63) is 28.0 Å². The van der Waals surface area contributed by atoms with Gasteiger partial charge in [0, 0.05) is 0 Å². The van der Waals surface area contributed by atoms with Crippen LogP contribution in [0.4, 0.5) is 11.4 Å². The van der Waals surface area contributed by atoms with Crippen molar-refractivity contribution in [1.29, 1.82) is 0 Å². The summed E-state index contributed by atoms with van der Waals surface area (Å²) in [6.07, 6.45) is 1.71. The summed E-state index contributed by atoms with van der Waals surface area (Å²) in [5, 5.41) is 8.67. The van der Waals surface area contributed by atoms with Gasteiger partial charge in [0.15, 0.2) is 0 Å². The van der Waals surface area contributed by atoms with Crippen molar-refractivity contribution in [3.8, 4) is 5.69 Å². The van der Waals surface area contributed by atoms with Crippen molar-refractivity contribution in [2.24, 2.45) is 8.73 Å². The zero-order valence-corrected chi connectivity index (χ0v) is 12.6. The van der Waals surface area contributed by atoms with Gasteiger partial charge in [0.25, 0.3) is 0 Å². The number of halogens is 3. The van der Waals surface area contributed by atoms with Crippen molar-refractivity contribution >= 4 is 57.5 Å². The zero-order chi connectivity index (χ0) is 13.6. The molecular weight excluding hydrogens is 329 g/mol. The maximum Gasteiger partial charge on any atom is 0.133 e. The quantitative estimate of drug-likeness (QED) is 0.643. The number of aromatic nitrogens is 3. The lowest BCUT2D eigenvalue weighted by Gasteiger charge is -2.08. The molecule has 0 fully saturated rings. The van der Waals surface area contributed by atoms with E-state index in [1.807, 2.05) is 6.92 Å². The van der Waals surface area contributed by atoms with Crippen LogP contribution in [-0.2, 0) is 11.4 Å². The lowest BCUT2D eigenvalue weighted by atomic mass is 10.2. The third-order valence-corrected chi connectivity index (χ3v) is 3.89. The van der Waals surface area contributed by atoms with Gasteiger partial charge in [-0.05, 0) is 13.0 Å². The van der Waals surface area contributed by atoms with Gasteiger partial charge >= 0.3 is 0 Å². The van der Waals surface area contributed by atoms with E-state index in [9.17, 15) is 0 Å². The molecule has 3 rings (SSSR count). The molecule has 2 heterocycles. The minimum Gasteiger partial charge on any atom is -0.217 e. The number of alkyl halides is 1. The second kappa shape index (κ2) is 4.86. The maximum absolute atomic E-state index is 6.22. The standard InChI is InChI=1S/C10H6Cl3N5S/c1-4(11)7-3-18(17-14-7)10-6(13)2-5(12)8-9(10)16-19-15-8/h2-4H,1H3. The van der Waals surface area contributed by atoms with Gasteiger partial charge in [0.1, 0.15) is 22.8 Å². The van der Waals surface area contributed by atoms with Gasteiger partial charge in [-0.25, -0.2) is 4.68 Å². The van der Waals surface area contributed by atoms with Gasteiger partial charge in [0.2, 0.25) is 0 Å². The first kappa shape index (κ1) is 13.1. The predicted octanol–water partition coefficient (Wildman–Crippen LogP) is 4.60. The largest absolute Gasteiger partial charge is 0.217 e. The normalized spacial score (nSPS) is 14.3. The number of nitrogens with zero attached hydrogens (tertiary/aromatic N) is 5. The van der Waals surface area contributed by atoms with E-state index in [4.69, 9.17) is 34.8 Å². The van der Waals surface area contributed by atoms with E-state index in [-0.39, 0.29) is 5.38 Å². The van der Waals surface area contributed by atoms with E-state index in [1.165, 1.54) is 4.68 Å². The summed E-state index contributed by atoms with van der Waals surface area (Å²) in [6, 6.07) is 1.62. The van der Waals surface area contributed by atoms with Gasteiger partial charge in [-0.1, -0.05) is 28.4 Å². The molecule has 2 aromatic rings. The van der Waals surface area contributed by atoms with Crippen LogP contribution in [0.1, 0.15) is 18.0 Å². The lowest BCUT2D eigenvalue weighted by Crippen LogP contribution is -1.96. The molecule has 1 atom stereocenters. The van der Waals surface area contributed by atoms with Crippen LogP contribution in [0.3, 0.4) is 0 Å². The summed E-state index contributed by atoms with van der Waals surface area (Å²) in [4.78, 5) is 0.